The van der Waals surface area contributed by atoms with Crippen LogP contribution in [0, 0.1) is 10.1 Å². The maximum atomic E-state index is 10.7. The predicted molar refractivity (Wildman–Crippen MR) is 70.5 cm³/mol. The zero-order valence-corrected chi connectivity index (χ0v) is 10.6. The van der Waals surface area contributed by atoms with Crippen molar-refractivity contribution < 1.29 is 4.92 Å². The molecule has 1 heterocycles. The molecular formula is C11H14N6O2. The Morgan fingerprint density at radius 1 is 1.53 bits per heavy atom. The molecule has 2 aromatic rings. The van der Waals surface area contributed by atoms with E-state index in [0.29, 0.717) is 5.69 Å². The van der Waals surface area contributed by atoms with Crippen LogP contribution in [-0.4, -0.2) is 19.7 Å². The summed E-state index contributed by atoms with van der Waals surface area (Å²) in [6, 6.07) is 4.43. The summed E-state index contributed by atoms with van der Waals surface area (Å²) in [5, 5.41) is 21.6. The molecule has 0 amide bonds. The van der Waals surface area contributed by atoms with Crippen molar-refractivity contribution in [3.8, 4) is 0 Å². The van der Waals surface area contributed by atoms with Gasteiger partial charge in [0.15, 0.2) is 5.82 Å². The minimum atomic E-state index is -0.509. The molecule has 1 atom stereocenters. The average molecular weight is 262 g/mol. The molecule has 3 N–H and O–H groups in total. The topological polar surface area (TPSA) is 112 Å². The van der Waals surface area contributed by atoms with Crippen LogP contribution in [0.15, 0.2) is 24.5 Å². The fraction of sp³-hybridized carbons (Fsp3) is 0.273. The predicted octanol–water partition coefficient (Wildman–Crippen LogP) is 1.48. The standard InChI is InChI=1S/C11H14N6O2/c1-7(11-15-13-6-16(11)2)14-8-3-4-10(17(18)19)9(12)5-8/h3-7,14H,12H2,1-2H3. The van der Waals surface area contributed by atoms with E-state index < -0.39 is 4.92 Å². The summed E-state index contributed by atoms with van der Waals surface area (Å²) in [7, 11) is 1.84. The molecule has 0 radical (unpaired) electrons. The van der Waals surface area contributed by atoms with Crippen LogP contribution in [0.3, 0.4) is 0 Å². The Hall–Kier alpha value is -2.64. The van der Waals surface area contributed by atoms with Crippen LogP contribution in [0.4, 0.5) is 17.1 Å². The monoisotopic (exact) mass is 262 g/mol. The molecule has 100 valence electrons. The lowest BCUT2D eigenvalue weighted by atomic mass is 10.2. The van der Waals surface area contributed by atoms with Gasteiger partial charge in [0.1, 0.15) is 12.0 Å². The summed E-state index contributed by atoms with van der Waals surface area (Å²) in [4.78, 5) is 10.2. The second-order valence-electron chi connectivity index (χ2n) is 4.20. The Morgan fingerprint density at radius 2 is 2.26 bits per heavy atom. The van der Waals surface area contributed by atoms with Crippen molar-refractivity contribution in [1.82, 2.24) is 14.8 Å². The molecule has 0 saturated heterocycles. The van der Waals surface area contributed by atoms with Gasteiger partial charge in [0.25, 0.3) is 5.69 Å². The number of nitrogen functional groups attached to an aromatic ring is 1. The number of aryl methyl sites for hydroxylation is 1. The van der Waals surface area contributed by atoms with Gasteiger partial charge in [-0.3, -0.25) is 10.1 Å². The molecule has 1 unspecified atom stereocenters. The van der Waals surface area contributed by atoms with Crippen molar-refractivity contribution in [2.24, 2.45) is 7.05 Å². The van der Waals surface area contributed by atoms with Crippen LogP contribution in [-0.2, 0) is 7.05 Å². The molecule has 0 bridgehead atoms. The third-order valence-electron chi connectivity index (χ3n) is 2.74. The molecule has 2 rings (SSSR count). The molecule has 0 aliphatic heterocycles. The molecular weight excluding hydrogens is 248 g/mol. The minimum Gasteiger partial charge on any atom is -0.393 e. The van der Waals surface area contributed by atoms with Crippen LogP contribution in [0.2, 0.25) is 0 Å². The summed E-state index contributed by atoms with van der Waals surface area (Å²) in [6.45, 7) is 1.92. The second kappa shape index (κ2) is 4.92. The smallest absolute Gasteiger partial charge is 0.292 e. The molecule has 8 nitrogen and oxygen atoms in total. The highest BCUT2D eigenvalue weighted by atomic mass is 16.6. The van der Waals surface area contributed by atoms with Crippen LogP contribution in [0.25, 0.3) is 0 Å². The Morgan fingerprint density at radius 3 is 2.79 bits per heavy atom. The number of nitrogens with zero attached hydrogens (tertiary/aromatic N) is 4. The molecule has 0 saturated carbocycles. The lowest BCUT2D eigenvalue weighted by molar-refractivity contribution is -0.383. The lowest BCUT2D eigenvalue weighted by Gasteiger charge is -2.14. The first kappa shape index (κ1) is 12.8. The van der Waals surface area contributed by atoms with E-state index in [9.17, 15) is 10.1 Å². The molecule has 19 heavy (non-hydrogen) atoms. The number of rotatable bonds is 4. The number of nitrogens with one attached hydrogen (secondary N) is 1. The van der Waals surface area contributed by atoms with Gasteiger partial charge in [0.2, 0.25) is 0 Å². The molecule has 1 aromatic carbocycles. The number of nitrogens with two attached hydrogens (primary N) is 1. The number of nitro benzene ring substituents is 1. The molecule has 0 aliphatic rings. The van der Waals surface area contributed by atoms with E-state index in [4.69, 9.17) is 5.73 Å². The van der Waals surface area contributed by atoms with Gasteiger partial charge in [-0.25, -0.2) is 0 Å². The van der Waals surface area contributed by atoms with E-state index in [0.717, 1.165) is 5.82 Å². The molecule has 1 aromatic heterocycles. The van der Waals surface area contributed by atoms with Crippen molar-refractivity contribution >= 4 is 17.1 Å². The quantitative estimate of drug-likeness (QED) is 0.490. The van der Waals surface area contributed by atoms with Gasteiger partial charge < -0.3 is 15.6 Å². The van der Waals surface area contributed by atoms with Gasteiger partial charge in [0.05, 0.1) is 11.0 Å². The third-order valence-corrected chi connectivity index (χ3v) is 2.74. The van der Waals surface area contributed by atoms with Crippen molar-refractivity contribution in [2.45, 2.75) is 13.0 Å². The summed E-state index contributed by atoms with van der Waals surface area (Å²) in [5.74, 6) is 0.761. The van der Waals surface area contributed by atoms with Crippen LogP contribution in [0.5, 0.6) is 0 Å². The third kappa shape index (κ3) is 2.62. The van der Waals surface area contributed by atoms with Gasteiger partial charge in [-0.1, -0.05) is 0 Å². The number of anilines is 2. The highest BCUT2D eigenvalue weighted by molar-refractivity contribution is 5.66. The van der Waals surface area contributed by atoms with E-state index in [1.807, 2.05) is 14.0 Å². The highest BCUT2D eigenvalue weighted by Gasteiger charge is 2.14. The molecule has 8 heteroatoms. The number of benzene rings is 1. The summed E-state index contributed by atoms with van der Waals surface area (Å²) >= 11 is 0. The maximum absolute atomic E-state index is 10.7. The SMILES string of the molecule is CC(Nc1ccc([N+](=O)[O-])c(N)c1)c1nncn1C. The first-order valence-corrected chi connectivity index (χ1v) is 5.63. The molecule has 0 fully saturated rings. The number of nitro groups is 1. The lowest BCUT2D eigenvalue weighted by Crippen LogP contribution is -2.12. The van der Waals surface area contributed by atoms with Crippen molar-refractivity contribution in [3.63, 3.8) is 0 Å². The molecule has 0 spiro atoms. The van der Waals surface area contributed by atoms with Gasteiger partial charge in [-0.05, 0) is 19.1 Å². The Labute approximate surface area is 109 Å². The first-order chi connectivity index (χ1) is 8.99. The van der Waals surface area contributed by atoms with E-state index in [1.54, 1.807) is 17.0 Å². The van der Waals surface area contributed by atoms with E-state index >= 15 is 0 Å². The summed E-state index contributed by atoms with van der Waals surface area (Å²) < 4.78 is 1.80. The van der Waals surface area contributed by atoms with E-state index in [2.05, 4.69) is 15.5 Å². The first-order valence-electron chi connectivity index (χ1n) is 5.63. The molecule has 0 aliphatic carbocycles. The normalized spacial score (nSPS) is 12.1. The fourth-order valence-electron chi connectivity index (χ4n) is 1.81. The Balaban J connectivity index is 2.18. The van der Waals surface area contributed by atoms with Crippen LogP contribution >= 0.6 is 0 Å². The number of hydrogen-bond donors (Lipinski definition) is 2. The fourth-order valence-corrected chi connectivity index (χ4v) is 1.81. The largest absolute Gasteiger partial charge is 0.393 e. The van der Waals surface area contributed by atoms with Gasteiger partial charge >= 0.3 is 0 Å². The van der Waals surface area contributed by atoms with E-state index in [-0.39, 0.29) is 17.4 Å². The Bertz CT molecular complexity index is 609. The zero-order valence-electron chi connectivity index (χ0n) is 10.6. The van der Waals surface area contributed by atoms with Crippen LogP contribution in [0.1, 0.15) is 18.8 Å². The second-order valence-corrected chi connectivity index (χ2v) is 4.20. The van der Waals surface area contributed by atoms with E-state index in [1.165, 1.54) is 12.1 Å². The average Bonchev–Trinajstić information content (AvgIpc) is 2.75. The Kier molecular flexibility index (Phi) is 3.32. The van der Waals surface area contributed by atoms with Gasteiger partial charge in [0, 0.05) is 18.8 Å². The van der Waals surface area contributed by atoms with Crippen molar-refractivity contribution in [2.75, 3.05) is 11.1 Å². The zero-order chi connectivity index (χ0) is 14.0. The minimum absolute atomic E-state index is 0.0895. The highest BCUT2D eigenvalue weighted by Crippen LogP contribution is 2.26. The van der Waals surface area contributed by atoms with Gasteiger partial charge in [-0.15, -0.1) is 10.2 Å². The summed E-state index contributed by atoms with van der Waals surface area (Å²) in [5.41, 5.74) is 6.35. The van der Waals surface area contributed by atoms with Crippen molar-refractivity contribution in [1.29, 1.82) is 0 Å². The maximum Gasteiger partial charge on any atom is 0.292 e. The van der Waals surface area contributed by atoms with Gasteiger partial charge in [-0.2, -0.15) is 0 Å². The van der Waals surface area contributed by atoms with Crippen molar-refractivity contribution in [3.05, 3.63) is 40.5 Å². The number of aromatic nitrogens is 3. The number of hydrogen-bond acceptors (Lipinski definition) is 6. The summed E-state index contributed by atoms with van der Waals surface area (Å²) in [6.07, 6.45) is 1.61. The van der Waals surface area contributed by atoms with Crippen LogP contribution < -0.4 is 11.1 Å².